The molecule has 2 heterocycles. The van der Waals surface area contributed by atoms with Gasteiger partial charge in [0.05, 0.1) is 24.6 Å². The number of ketones is 1. The first-order valence-electron chi connectivity index (χ1n) is 8.43. The number of aromatic nitrogens is 2. The molecule has 6 nitrogen and oxygen atoms in total. The van der Waals surface area contributed by atoms with Gasteiger partial charge in [0.1, 0.15) is 0 Å². The molecule has 0 bridgehead atoms. The third-order valence-electron chi connectivity index (χ3n) is 4.00. The maximum absolute atomic E-state index is 12.7. The number of ether oxygens (including phenoxy) is 1. The minimum atomic E-state index is -0.690. The Labute approximate surface area is 151 Å². The molecule has 1 N–H and O–H groups in total. The number of fused-ring (bicyclic) bond motifs is 1. The summed E-state index contributed by atoms with van der Waals surface area (Å²) >= 11 is 0. The fraction of sp³-hybridized carbons (Fsp3) is 0.250. The van der Waals surface area contributed by atoms with Crippen molar-refractivity contribution in [1.82, 2.24) is 9.55 Å². The van der Waals surface area contributed by atoms with Gasteiger partial charge in [-0.2, -0.15) is 0 Å². The first-order valence-corrected chi connectivity index (χ1v) is 8.43. The fourth-order valence-electron chi connectivity index (χ4n) is 2.86. The fourth-order valence-corrected chi connectivity index (χ4v) is 2.86. The molecule has 0 unspecified atom stereocenters. The molecule has 26 heavy (non-hydrogen) atoms. The zero-order chi connectivity index (χ0) is 18.7. The number of nitrogens with zero attached hydrogens (tertiary/aromatic N) is 2. The van der Waals surface area contributed by atoms with Crippen molar-refractivity contribution in [2.24, 2.45) is 5.92 Å². The van der Waals surface area contributed by atoms with Gasteiger partial charge in [-0.1, -0.05) is 32.0 Å². The lowest BCUT2D eigenvalue weighted by Crippen LogP contribution is -2.22. The molecule has 0 aliphatic carbocycles. The molecule has 6 heteroatoms. The number of hydrogen-bond acceptors (Lipinski definition) is 4. The third-order valence-corrected chi connectivity index (χ3v) is 4.00. The second kappa shape index (κ2) is 7.39. The van der Waals surface area contributed by atoms with E-state index in [2.05, 4.69) is 24.1 Å². The first kappa shape index (κ1) is 17.7. The topological polar surface area (TPSA) is 73.2 Å². The largest absolute Gasteiger partial charge is 0.481 e. The van der Waals surface area contributed by atoms with Gasteiger partial charge >= 0.3 is 0 Å². The number of pyridine rings is 1. The van der Waals surface area contributed by atoms with Crippen LogP contribution in [0.4, 0.5) is 5.69 Å². The van der Waals surface area contributed by atoms with Crippen LogP contribution in [0.25, 0.3) is 10.9 Å². The number of Topliss-reactive ketones (excluding diaryl/α,β-unsaturated/α-hetero) is 1. The standard InChI is InChI=1S/C20H21N3O3/c1-13(2)11-23-12-16(15-6-4-5-7-17(15)23)19(24)20(25)22-14-8-9-18(26-3)21-10-14/h4-10,12-13H,11H2,1-3H3,(H,22,25). The van der Waals surface area contributed by atoms with E-state index in [0.717, 1.165) is 17.4 Å². The lowest BCUT2D eigenvalue weighted by Gasteiger charge is -2.07. The summed E-state index contributed by atoms with van der Waals surface area (Å²) in [4.78, 5) is 29.1. The Kier molecular flexibility index (Phi) is 5.02. The normalized spacial score (nSPS) is 10.9. The molecular weight excluding hydrogens is 330 g/mol. The van der Waals surface area contributed by atoms with Crippen molar-refractivity contribution in [3.8, 4) is 5.88 Å². The van der Waals surface area contributed by atoms with Gasteiger partial charge in [0, 0.05) is 29.7 Å². The van der Waals surface area contributed by atoms with E-state index in [-0.39, 0.29) is 0 Å². The van der Waals surface area contributed by atoms with Crippen LogP contribution in [0.1, 0.15) is 24.2 Å². The van der Waals surface area contributed by atoms with E-state index in [1.807, 2.05) is 28.8 Å². The van der Waals surface area contributed by atoms with Gasteiger partial charge in [0.15, 0.2) is 0 Å². The number of hydrogen-bond donors (Lipinski definition) is 1. The van der Waals surface area contributed by atoms with E-state index < -0.39 is 11.7 Å². The van der Waals surface area contributed by atoms with E-state index in [1.165, 1.54) is 13.3 Å². The number of carbonyl (C=O) groups excluding carboxylic acids is 2. The monoisotopic (exact) mass is 351 g/mol. The van der Waals surface area contributed by atoms with Crippen molar-refractivity contribution in [2.45, 2.75) is 20.4 Å². The summed E-state index contributed by atoms with van der Waals surface area (Å²) in [7, 11) is 1.51. The summed E-state index contributed by atoms with van der Waals surface area (Å²) in [5.41, 5.74) is 1.79. The maximum atomic E-state index is 12.7. The molecule has 0 saturated heterocycles. The molecule has 3 aromatic rings. The Bertz CT molecular complexity index is 943. The highest BCUT2D eigenvalue weighted by Gasteiger charge is 2.22. The Morgan fingerprint density at radius 1 is 1.19 bits per heavy atom. The van der Waals surface area contributed by atoms with Crippen molar-refractivity contribution in [2.75, 3.05) is 12.4 Å². The number of rotatable bonds is 6. The first-order chi connectivity index (χ1) is 12.5. The molecule has 0 atom stereocenters. The Morgan fingerprint density at radius 3 is 2.62 bits per heavy atom. The average molecular weight is 351 g/mol. The summed E-state index contributed by atoms with van der Waals surface area (Å²) in [6.07, 6.45) is 3.21. The number of anilines is 1. The van der Waals surface area contributed by atoms with E-state index in [9.17, 15) is 9.59 Å². The molecule has 2 aromatic heterocycles. The van der Waals surface area contributed by atoms with Crippen LogP contribution in [0.2, 0.25) is 0 Å². The van der Waals surface area contributed by atoms with Crippen molar-refractivity contribution >= 4 is 28.3 Å². The van der Waals surface area contributed by atoms with Crippen LogP contribution >= 0.6 is 0 Å². The Hall–Kier alpha value is -3.15. The van der Waals surface area contributed by atoms with E-state index in [4.69, 9.17) is 4.74 Å². The summed E-state index contributed by atoms with van der Waals surface area (Å²) in [6, 6.07) is 10.9. The molecule has 0 aliphatic rings. The number of amides is 1. The predicted octanol–water partition coefficient (Wildman–Crippen LogP) is 3.52. The predicted molar refractivity (Wildman–Crippen MR) is 101 cm³/mol. The van der Waals surface area contributed by atoms with E-state index in [1.54, 1.807) is 18.3 Å². The molecule has 134 valence electrons. The lowest BCUT2D eigenvalue weighted by molar-refractivity contribution is -0.112. The summed E-state index contributed by atoms with van der Waals surface area (Å²) in [5, 5.41) is 3.37. The number of benzene rings is 1. The molecule has 1 amide bonds. The van der Waals surface area contributed by atoms with Crippen LogP contribution in [-0.2, 0) is 11.3 Å². The van der Waals surface area contributed by atoms with Crippen LogP contribution in [0.3, 0.4) is 0 Å². The van der Waals surface area contributed by atoms with Gasteiger partial charge in [-0.05, 0) is 18.1 Å². The van der Waals surface area contributed by atoms with Gasteiger partial charge in [-0.25, -0.2) is 4.98 Å². The molecule has 0 radical (unpaired) electrons. The SMILES string of the molecule is COc1ccc(NC(=O)C(=O)c2cn(CC(C)C)c3ccccc23)cn1. The average Bonchev–Trinajstić information content (AvgIpc) is 2.99. The van der Waals surface area contributed by atoms with Gasteiger partial charge in [0.25, 0.3) is 11.7 Å². The summed E-state index contributed by atoms with van der Waals surface area (Å²) in [6.45, 7) is 5.00. The Balaban J connectivity index is 1.87. The molecule has 0 spiro atoms. The van der Waals surface area contributed by atoms with Crippen LogP contribution in [0.5, 0.6) is 5.88 Å². The molecule has 0 saturated carbocycles. The number of para-hydroxylation sites is 1. The van der Waals surface area contributed by atoms with Crippen LogP contribution in [0.15, 0.2) is 48.8 Å². The molecule has 0 fully saturated rings. The number of carbonyl (C=O) groups is 2. The highest BCUT2D eigenvalue weighted by Crippen LogP contribution is 2.23. The maximum Gasteiger partial charge on any atom is 0.296 e. The molecular formula is C20H21N3O3. The summed E-state index contributed by atoms with van der Waals surface area (Å²) in [5.74, 6) is -0.400. The highest BCUT2D eigenvalue weighted by atomic mass is 16.5. The molecule has 0 aliphatic heterocycles. The van der Waals surface area contributed by atoms with Gasteiger partial charge < -0.3 is 14.6 Å². The molecule has 1 aromatic carbocycles. The van der Waals surface area contributed by atoms with Crippen molar-refractivity contribution < 1.29 is 14.3 Å². The van der Waals surface area contributed by atoms with E-state index >= 15 is 0 Å². The lowest BCUT2D eigenvalue weighted by atomic mass is 10.1. The number of nitrogens with one attached hydrogen (secondary N) is 1. The highest BCUT2D eigenvalue weighted by molar-refractivity contribution is 6.48. The van der Waals surface area contributed by atoms with Gasteiger partial charge in [0.2, 0.25) is 5.88 Å². The smallest absolute Gasteiger partial charge is 0.296 e. The van der Waals surface area contributed by atoms with Gasteiger partial charge in [-0.15, -0.1) is 0 Å². The van der Waals surface area contributed by atoms with Crippen molar-refractivity contribution in [1.29, 1.82) is 0 Å². The van der Waals surface area contributed by atoms with Crippen molar-refractivity contribution in [3.63, 3.8) is 0 Å². The van der Waals surface area contributed by atoms with E-state index in [0.29, 0.717) is 23.0 Å². The quantitative estimate of drug-likeness (QED) is 0.545. The van der Waals surface area contributed by atoms with Crippen LogP contribution in [-0.4, -0.2) is 28.4 Å². The zero-order valence-corrected chi connectivity index (χ0v) is 15.0. The van der Waals surface area contributed by atoms with Crippen molar-refractivity contribution in [3.05, 3.63) is 54.4 Å². The summed E-state index contributed by atoms with van der Waals surface area (Å²) < 4.78 is 7.00. The van der Waals surface area contributed by atoms with Gasteiger partial charge in [-0.3, -0.25) is 9.59 Å². The second-order valence-electron chi connectivity index (χ2n) is 6.48. The molecule has 3 rings (SSSR count). The minimum absolute atomic E-state index is 0.403. The third kappa shape index (κ3) is 3.59. The number of methoxy groups -OCH3 is 1. The second-order valence-corrected chi connectivity index (χ2v) is 6.48. The zero-order valence-electron chi connectivity index (χ0n) is 15.0. The minimum Gasteiger partial charge on any atom is -0.481 e. The van der Waals surface area contributed by atoms with Crippen LogP contribution in [0, 0.1) is 5.92 Å². The Morgan fingerprint density at radius 2 is 1.96 bits per heavy atom. The van der Waals surface area contributed by atoms with Crippen LogP contribution < -0.4 is 10.1 Å².